The average molecular weight is 592 g/mol. The third-order valence-electron chi connectivity index (χ3n) is 6.87. The second kappa shape index (κ2) is 12.4. The molecule has 210 valence electrons. The minimum absolute atomic E-state index is 0.166. The van der Waals surface area contributed by atoms with Crippen LogP contribution in [0.1, 0.15) is 22.7 Å². The van der Waals surface area contributed by atoms with E-state index in [4.69, 9.17) is 23.2 Å². The summed E-state index contributed by atoms with van der Waals surface area (Å²) in [5.41, 5.74) is 3.10. The van der Waals surface area contributed by atoms with Crippen molar-refractivity contribution in [1.29, 1.82) is 0 Å². The molecule has 0 spiro atoms. The number of fused-ring (bicyclic) bond motifs is 1. The van der Waals surface area contributed by atoms with E-state index < -0.39 is 29.8 Å². The van der Waals surface area contributed by atoms with Crippen LogP contribution in [0.2, 0.25) is 10.0 Å². The lowest BCUT2D eigenvalue weighted by Gasteiger charge is -2.32. The van der Waals surface area contributed by atoms with Gasteiger partial charge in [0, 0.05) is 30.1 Å². The van der Waals surface area contributed by atoms with E-state index in [1.807, 2.05) is 30.3 Å². The third-order valence-corrected chi connectivity index (χ3v) is 7.61. The predicted molar refractivity (Wildman–Crippen MR) is 156 cm³/mol. The largest absolute Gasteiger partial charge is 0.361 e. The second-order valence-corrected chi connectivity index (χ2v) is 10.6. The van der Waals surface area contributed by atoms with Crippen LogP contribution < -0.4 is 16.0 Å². The van der Waals surface area contributed by atoms with Crippen LogP contribution in [-0.4, -0.2) is 52.6 Å². The SMILES string of the molecule is O=C(CN1CC(=O)NC(c2ccccc2)C1=O)NC(Cc1c[nH]c2ccccc12)C(=O)NCc1ccc(Cl)c(Cl)c1. The van der Waals surface area contributed by atoms with Crippen molar-refractivity contribution in [2.24, 2.45) is 0 Å². The molecule has 11 heteroatoms. The van der Waals surface area contributed by atoms with Gasteiger partial charge in [0.15, 0.2) is 0 Å². The minimum atomic E-state index is -0.955. The van der Waals surface area contributed by atoms with Crippen molar-refractivity contribution in [3.8, 4) is 0 Å². The number of benzene rings is 3. The summed E-state index contributed by atoms with van der Waals surface area (Å²) in [6.45, 7) is -0.466. The van der Waals surface area contributed by atoms with Gasteiger partial charge in [-0.1, -0.05) is 77.8 Å². The topological polar surface area (TPSA) is 123 Å². The summed E-state index contributed by atoms with van der Waals surface area (Å²) in [6.07, 6.45) is 2.00. The zero-order chi connectivity index (χ0) is 28.9. The van der Waals surface area contributed by atoms with Gasteiger partial charge in [-0.3, -0.25) is 19.2 Å². The van der Waals surface area contributed by atoms with Crippen molar-refractivity contribution in [2.75, 3.05) is 13.1 Å². The monoisotopic (exact) mass is 591 g/mol. The van der Waals surface area contributed by atoms with E-state index in [-0.39, 0.29) is 32.0 Å². The highest BCUT2D eigenvalue weighted by molar-refractivity contribution is 6.42. The molecule has 1 fully saturated rings. The van der Waals surface area contributed by atoms with Gasteiger partial charge in [0.25, 0.3) is 5.91 Å². The fraction of sp³-hybridized carbons (Fsp3) is 0.200. The molecule has 0 radical (unpaired) electrons. The fourth-order valence-electron chi connectivity index (χ4n) is 4.81. The standard InChI is InChI=1S/C30H27Cl2N5O4/c31-22-11-10-18(12-23(22)32)14-34-29(40)25(13-20-15-33-24-9-5-4-8-21(20)24)35-26(38)16-37-17-27(39)36-28(30(37)41)19-6-2-1-3-7-19/h1-12,15,25,28,33H,13-14,16-17H2,(H,34,40)(H,35,38)(H,36,39). The summed E-state index contributed by atoms with van der Waals surface area (Å²) in [5, 5.41) is 10.0. The molecule has 0 saturated carbocycles. The first-order valence-electron chi connectivity index (χ1n) is 13.0. The van der Waals surface area contributed by atoms with E-state index in [1.165, 1.54) is 4.90 Å². The number of carbonyl (C=O) groups is 4. The first-order chi connectivity index (χ1) is 19.8. The molecular weight excluding hydrogens is 565 g/mol. The van der Waals surface area contributed by atoms with Crippen molar-refractivity contribution < 1.29 is 19.2 Å². The van der Waals surface area contributed by atoms with Gasteiger partial charge in [0.1, 0.15) is 25.2 Å². The number of halogens is 2. The minimum Gasteiger partial charge on any atom is -0.361 e. The molecule has 5 rings (SSSR count). The molecule has 2 atom stereocenters. The van der Waals surface area contributed by atoms with Crippen molar-refractivity contribution in [3.05, 3.63) is 106 Å². The summed E-state index contributed by atoms with van der Waals surface area (Å²) in [6, 6.07) is 19.7. The Morgan fingerprint density at radius 2 is 1.73 bits per heavy atom. The Hall–Kier alpha value is -4.34. The van der Waals surface area contributed by atoms with Crippen molar-refractivity contribution in [1.82, 2.24) is 25.8 Å². The zero-order valence-corrected chi connectivity index (χ0v) is 23.3. The van der Waals surface area contributed by atoms with Gasteiger partial charge in [0.2, 0.25) is 17.7 Å². The predicted octanol–water partition coefficient (Wildman–Crippen LogP) is 3.52. The van der Waals surface area contributed by atoms with Crippen LogP contribution >= 0.6 is 23.2 Å². The van der Waals surface area contributed by atoms with Gasteiger partial charge in [-0.15, -0.1) is 0 Å². The summed E-state index contributed by atoms with van der Waals surface area (Å²) >= 11 is 12.1. The Balaban J connectivity index is 1.31. The Labute approximate surface area is 246 Å². The molecule has 3 aromatic carbocycles. The molecule has 1 saturated heterocycles. The van der Waals surface area contributed by atoms with Crippen molar-refractivity contribution in [2.45, 2.75) is 25.0 Å². The summed E-state index contributed by atoms with van der Waals surface area (Å²) in [4.78, 5) is 56.5. The molecule has 9 nitrogen and oxygen atoms in total. The molecule has 4 amide bonds. The molecule has 1 aromatic heterocycles. The highest BCUT2D eigenvalue weighted by Crippen LogP contribution is 2.23. The number of amides is 4. The normalized spacial score (nSPS) is 15.9. The highest BCUT2D eigenvalue weighted by atomic mass is 35.5. The van der Waals surface area contributed by atoms with E-state index >= 15 is 0 Å². The first kappa shape index (κ1) is 28.2. The van der Waals surface area contributed by atoms with Gasteiger partial charge < -0.3 is 25.8 Å². The van der Waals surface area contributed by atoms with E-state index in [2.05, 4.69) is 20.9 Å². The van der Waals surface area contributed by atoms with E-state index in [0.717, 1.165) is 22.0 Å². The lowest BCUT2D eigenvalue weighted by molar-refractivity contribution is -0.146. The lowest BCUT2D eigenvalue weighted by Crippen LogP contribution is -2.57. The number of aromatic amines is 1. The number of hydrogen-bond acceptors (Lipinski definition) is 4. The van der Waals surface area contributed by atoms with Gasteiger partial charge in [-0.25, -0.2) is 0 Å². The smallest absolute Gasteiger partial charge is 0.250 e. The summed E-state index contributed by atoms with van der Waals surface area (Å²) < 4.78 is 0. The van der Waals surface area contributed by atoms with Gasteiger partial charge in [0.05, 0.1) is 10.0 Å². The van der Waals surface area contributed by atoms with E-state index in [1.54, 1.807) is 48.7 Å². The molecule has 0 bridgehead atoms. The van der Waals surface area contributed by atoms with Crippen molar-refractivity contribution >= 4 is 57.7 Å². The van der Waals surface area contributed by atoms with Crippen LogP contribution in [-0.2, 0) is 32.1 Å². The number of aromatic nitrogens is 1. The lowest BCUT2D eigenvalue weighted by atomic mass is 10.0. The first-order valence-corrected chi connectivity index (χ1v) is 13.7. The molecule has 1 aliphatic rings. The van der Waals surface area contributed by atoms with Crippen LogP contribution in [0.15, 0.2) is 79.0 Å². The second-order valence-electron chi connectivity index (χ2n) is 9.76. The number of rotatable bonds is 9. The molecule has 4 N–H and O–H groups in total. The number of nitrogens with one attached hydrogen (secondary N) is 4. The number of carbonyl (C=O) groups excluding carboxylic acids is 4. The van der Waals surface area contributed by atoms with Gasteiger partial charge in [-0.2, -0.15) is 0 Å². The third kappa shape index (κ3) is 6.70. The Morgan fingerprint density at radius 3 is 2.51 bits per heavy atom. The average Bonchev–Trinajstić information content (AvgIpc) is 3.38. The fourth-order valence-corrected chi connectivity index (χ4v) is 5.13. The highest BCUT2D eigenvalue weighted by Gasteiger charge is 2.35. The maximum Gasteiger partial charge on any atom is 0.250 e. The number of hydrogen-bond donors (Lipinski definition) is 4. The number of nitrogens with zero attached hydrogens (tertiary/aromatic N) is 1. The molecule has 2 unspecified atom stereocenters. The van der Waals surface area contributed by atoms with E-state index in [9.17, 15) is 19.2 Å². The van der Waals surface area contributed by atoms with Crippen LogP contribution in [0.3, 0.4) is 0 Å². The van der Waals surface area contributed by atoms with Crippen LogP contribution in [0.4, 0.5) is 0 Å². The molecule has 1 aliphatic heterocycles. The quantitative estimate of drug-likeness (QED) is 0.238. The van der Waals surface area contributed by atoms with E-state index in [0.29, 0.717) is 15.6 Å². The number of para-hydroxylation sites is 1. The maximum absolute atomic E-state index is 13.4. The van der Waals surface area contributed by atoms with Gasteiger partial charge in [-0.05, 0) is 34.9 Å². The Bertz CT molecular complexity index is 1610. The van der Waals surface area contributed by atoms with Crippen molar-refractivity contribution in [3.63, 3.8) is 0 Å². The van der Waals surface area contributed by atoms with Crippen LogP contribution in [0.5, 0.6) is 0 Å². The van der Waals surface area contributed by atoms with Gasteiger partial charge >= 0.3 is 0 Å². The molecule has 41 heavy (non-hydrogen) atoms. The zero-order valence-electron chi connectivity index (χ0n) is 21.8. The van der Waals surface area contributed by atoms with Crippen LogP contribution in [0, 0.1) is 0 Å². The molecule has 4 aromatic rings. The summed E-state index contributed by atoms with van der Waals surface area (Å²) in [7, 11) is 0. The molecule has 0 aliphatic carbocycles. The van der Waals surface area contributed by atoms with Crippen LogP contribution in [0.25, 0.3) is 10.9 Å². The maximum atomic E-state index is 13.4. The molecular formula is C30H27Cl2N5O4. The molecule has 2 heterocycles. The number of piperazine rings is 1. The number of H-pyrrole nitrogens is 1. The summed E-state index contributed by atoms with van der Waals surface area (Å²) in [5.74, 6) is -1.75. The Kier molecular flexibility index (Phi) is 8.56. The Morgan fingerprint density at radius 1 is 0.976 bits per heavy atom.